The molecule has 24 heavy (non-hydrogen) atoms. The van der Waals surface area contributed by atoms with Crippen molar-refractivity contribution in [2.75, 3.05) is 19.0 Å². The Balaban J connectivity index is 2.00. The summed E-state index contributed by atoms with van der Waals surface area (Å²) in [5, 5.41) is 14.4. The van der Waals surface area contributed by atoms with Crippen LogP contribution in [-0.4, -0.2) is 24.8 Å². The van der Waals surface area contributed by atoms with Crippen molar-refractivity contribution >= 4 is 11.7 Å². The zero-order valence-corrected chi connectivity index (χ0v) is 12.6. The highest BCUT2D eigenvalue weighted by atomic mass is 19.1. The third kappa shape index (κ3) is 4.17. The lowest BCUT2D eigenvalue weighted by Crippen LogP contribution is -2.33. The Morgan fingerprint density at radius 2 is 1.88 bits per heavy atom. The van der Waals surface area contributed by atoms with Crippen LogP contribution in [0.15, 0.2) is 36.4 Å². The Kier molecular flexibility index (Phi) is 5.64. The topological polar surface area (TPSA) is 70.6 Å². The van der Waals surface area contributed by atoms with Crippen molar-refractivity contribution in [1.82, 2.24) is 5.32 Å². The van der Waals surface area contributed by atoms with Crippen molar-refractivity contribution in [2.45, 2.75) is 6.10 Å². The number of amides is 2. The second-order valence-electron chi connectivity index (χ2n) is 4.83. The van der Waals surface area contributed by atoms with E-state index in [0.717, 1.165) is 30.3 Å². The number of anilines is 1. The minimum absolute atomic E-state index is 0.0709. The molecule has 1 atom stereocenters. The van der Waals surface area contributed by atoms with Gasteiger partial charge in [0.2, 0.25) is 0 Å². The summed E-state index contributed by atoms with van der Waals surface area (Å²) in [6.07, 6.45) is -1.58. The number of aliphatic hydroxyl groups excluding tert-OH is 1. The van der Waals surface area contributed by atoms with Gasteiger partial charge in [-0.3, -0.25) is 0 Å². The van der Waals surface area contributed by atoms with Crippen LogP contribution in [0.3, 0.4) is 0 Å². The average molecular weight is 340 g/mol. The summed E-state index contributed by atoms with van der Waals surface area (Å²) in [5.74, 6) is -2.19. The van der Waals surface area contributed by atoms with Crippen molar-refractivity contribution < 1.29 is 27.8 Å². The number of carbonyl (C=O) groups excluding carboxylic acids is 1. The maximum absolute atomic E-state index is 13.5. The average Bonchev–Trinajstić information content (AvgIpc) is 2.53. The summed E-state index contributed by atoms with van der Waals surface area (Å²) in [6.45, 7) is -0.443. The normalized spacial score (nSPS) is 11.7. The minimum atomic E-state index is -1.58. The van der Waals surface area contributed by atoms with Crippen molar-refractivity contribution in [2.24, 2.45) is 0 Å². The summed E-state index contributed by atoms with van der Waals surface area (Å²) < 4.78 is 45.2. The Morgan fingerprint density at radius 1 is 1.21 bits per heavy atom. The molecule has 0 spiro atoms. The molecule has 0 saturated heterocycles. The van der Waals surface area contributed by atoms with Gasteiger partial charge in [-0.1, -0.05) is 6.07 Å². The molecule has 2 aromatic carbocycles. The van der Waals surface area contributed by atoms with Gasteiger partial charge in [-0.2, -0.15) is 0 Å². The number of carbonyl (C=O) groups is 1. The fourth-order valence-electron chi connectivity index (χ4n) is 2.06. The van der Waals surface area contributed by atoms with Crippen molar-refractivity contribution in [3.63, 3.8) is 0 Å². The van der Waals surface area contributed by atoms with Crippen LogP contribution in [0.5, 0.6) is 5.75 Å². The van der Waals surface area contributed by atoms with Gasteiger partial charge in [0, 0.05) is 12.6 Å². The van der Waals surface area contributed by atoms with Gasteiger partial charge in [-0.25, -0.2) is 18.0 Å². The number of benzene rings is 2. The zero-order chi connectivity index (χ0) is 17.7. The van der Waals surface area contributed by atoms with E-state index < -0.39 is 41.7 Å². The van der Waals surface area contributed by atoms with Crippen LogP contribution in [0.1, 0.15) is 11.7 Å². The molecular formula is C16H15F3N2O3. The summed E-state index contributed by atoms with van der Waals surface area (Å²) in [5.41, 5.74) is -0.470. The molecule has 2 rings (SSSR count). The smallest absolute Gasteiger partial charge is 0.319 e. The first-order chi connectivity index (χ1) is 11.4. The number of aliphatic hydroxyl groups is 1. The summed E-state index contributed by atoms with van der Waals surface area (Å²) >= 11 is 0. The lowest BCUT2D eigenvalue weighted by molar-refractivity contribution is 0.166. The monoisotopic (exact) mass is 340 g/mol. The molecule has 0 aliphatic heterocycles. The Bertz CT molecular complexity index is 720. The maximum Gasteiger partial charge on any atom is 0.319 e. The molecule has 128 valence electrons. The van der Waals surface area contributed by atoms with E-state index in [1.54, 1.807) is 0 Å². The van der Waals surface area contributed by atoms with Gasteiger partial charge in [0.25, 0.3) is 0 Å². The number of hydrogen-bond acceptors (Lipinski definition) is 3. The highest BCUT2D eigenvalue weighted by Crippen LogP contribution is 2.25. The molecule has 5 nitrogen and oxygen atoms in total. The number of methoxy groups -OCH3 is 1. The third-order valence-electron chi connectivity index (χ3n) is 3.20. The van der Waals surface area contributed by atoms with Crippen LogP contribution >= 0.6 is 0 Å². The van der Waals surface area contributed by atoms with Crippen LogP contribution in [0.4, 0.5) is 23.7 Å². The second kappa shape index (κ2) is 7.69. The van der Waals surface area contributed by atoms with E-state index >= 15 is 0 Å². The Hall–Kier alpha value is -2.74. The quantitative estimate of drug-likeness (QED) is 0.784. The Labute approximate surface area is 136 Å². The molecule has 0 aliphatic carbocycles. The maximum atomic E-state index is 13.5. The molecule has 0 aliphatic rings. The van der Waals surface area contributed by atoms with Gasteiger partial charge < -0.3 is 20.5 Å². The van der Waals surface area contributed by atoms with E-state index in [9.17, 15) is 23.1 Å². The largest absolute Gasteiger partial charge is 0.495 e. The van der Waals surface area contributed by atoms with Gasteiger partial charge in [-0.15, -0.1) is 0 Å². The fraction of sp³-hybridized carbons (Fsp3) is 0.188. The first kappa shape index (κ1) is 17.6. The van der Waals surface area contributed by atoms with Crippen LogP contribution < -0.4 is 15.4 Å². The van der Waals surface area contributed by atoms with E-state index in [0.29, 0.717) is 0 Å². The van der Waals surface area contributed by atoms with Crippen LogP contribution in [-0.2, 0) is 0 Å². The van der Waals surface area contributed by atoms with E-state index in [1.807, 2.05) is 0 Å². The van der Waals surface area contributed by atoms with Gasteiger partial charge in [0.05, 0.1) is 18.4 Å². The van der Waals surface area contributed by atoms with Crippen LogP contribution in [0, 0.1) is 17.5 Å². The summed E-state index contributed by atoms with van der Waals surface area (Å²) in [4.78, 5) is 11.8. The lowest BCUT2D eigenvalue weighted by Gasteiger charge is -2.15. The summed E-state index contributed by atoms with van der Waals surface area (Å²) in [6, 6.07) is 5.90. The molecule has 3 N–H and O–H groups in total. The standard InChI is InChI=1S/C16H15F3N2O3/c1-24-14-6-5-9(17)7-12(14)21-16(23)20-8-13(22)15-10(18)3-2-4-11(15)19/h2-7,13,22H,8H2,1H3,(H2,20,21,23). The zero-order valence-electron chi connectivity index (χ0n) is 12.6. The first-order valence-electron chi connectivity index (χ1n) is 6.92. The molecule has 2 aromatic rings. The van der Waals surface area contributed by atoms with E-state index in [-0.39, 0.29) is 11.4 Å². The predicted molar refractivity (Wildman–Crippen MR) is 81.3 cm³/mol. The van der Waals surface area contributed by atoms with E-state index in [2.05, 4.69) is 10.6 Å². The molecule has 0 fully saturated rings. The number of rotatable bonds is 5. The van der Waals surface area contributed by atoms with Crippen molar-refractivity contribution in [1.29, 1.82) is 0 Å². The minimum Gasteiger partial charge on any atom is -0.495 e. The van der Waals surface area contributed by atoms with Crippen LogP contribution in [0.25, 0.3) is 0 Å². The molecule has 0 bridgehead atoms. The lowest BCUT2D eigenvalue weighted by atomic mass is 10.1. The Morgan fingerprint density at radius 3 is 2.50 bits per heavy atom. The van der Waals surface area contributed by atoms with Crippen molar-refractivity contribution in [3.8, 4) is 5.75 Å². The molecule has 0 radical (unpaired) electrons. The predicted octanol–water partition coefficient (Wildman–Crippen LogP) is 2.97. The number of urea groups is 1. The number of ether oxygens (including phenoxy) is 1. The summed E-state index contributed by atoms with van der Waals surface area (Å²) in [7, 11) is 1.35. The fourth-order valence-corrected chi connectivity index (χ4v) is 2.06. The molecular weight excluding hydrogens is 325 g/mol. The van der Waals surface area contributed by atoms with Gasteiger partial charge in [0.1, 0.15) is 29.3 Å². The van der Waals surface area contributed by atoms with E-state index in [1.165, 1.54) is 13.2 Å². The molecule has 0 saturated carbocycles. The molecule has 8 heteroatoms. The SMILES string of the molecule is COc1ccc(F)cc1NC(=O)NCC(O)c1c(F)cccc1F. The number of halogens is 3. The first-order valence-corrected chi connectivity index (χ1v) is 6.92. The molecule has 0 aromatic heterocycles. The highest BCUT2D eigenvalue weighted by Gasteiger charge is 2.18. The van der Waals surface area contributed by atoms with Gasteiger partial charge in [-0.05, 0) is 24.3 Å². The van der Waals surface area contributed by atoms with Gasteiger partial charge >= 0.3 is 6.03 Å². The molecule has 0 heterocycles. The third-order valence-corrected chi connectivity index (χ3v) is 3.20. The van der Waals surface area contributed by atoms with Gasteiger partial charge in [0.15, 0.2) is 0 Å². The van der Waals surface area contributed by atoms with Crippen molar-refractivity contribution in [3.05, 3.63) is 59.4 Å². The molecule has 1 unspecified atom stereocenters. The number of nitrogens with one attached hydrogen (secondary N) is 2. The van der Waals surface area contributed by atoms with E-state index in [4.69, 9.17) is 4.74 Å². The molecule has 2 amide bonds. The second-order valence-corrected chi connectivity index (χ2v) is 4.83. The highest BCUT2D eigenvalue weighted by molar-refractivity contribution is 5.90. The van der Waals surface area contributed by atoms with Crippen LogP contribution in [0.2, 0.25) is 0 Å². The number of hydrogen-bond donors (Lipinski definition) is 3.